The summed E-state index contributed by atoms with van der Waals surface area (Å²) in [7, 11) is 0. The number of hydrogen-bond acceptors (Lipinski definition) is 2. The van der Waals surface area contributed by atoms with Gasteiger partial charge in [0.2, 0.25) is 0 Å². The van der Waals surface area contributed by atoms with Gasteiger partial charge in [0.15, 0.2) is 5.82 Å². The molecule has 0 fully saturated rings. The highest BCUT2D eigenvalue weighted by atomic mass is 35.5. The molecule has 1 heterocycles. The second-order valence-corrected chi connectivity index (χ2v) is 6.36. The Hall–Kier alpha value is -2.37. The summed E-state index contributed by atoms with van der Waals surface area (Å²) >= 11 is 11.9. The summed E-state index contributed by atoms with van der Waals surface area (Å²) in [5, 5.41) is 8.00. The van der Waals surface area contributed by atoms with E-state index < -0.39 is 11.7 Å². The Morgan fingerprint density at radius 1 is 1.16 bits per heavy atom. The largest absolute Gasteiger partial charge is 0.305 e. The van der Waals surface area contributed by atoms with Crippen LogP contribution in [0.1, 0.15) is 21.6 Å². The van der Waals surface area contributed by atoms with Crippen LogP contribution in [0.4, 0.5) is 10.2 Å². The van der Waals surface area contributed by atoms with Crippen LogP contribution in [0.5, 0.6) is 0 Å². The van der Waals surface area contributed by atoms with Gasteiger partial charge in [0.25, 0.3) is 5.91 Å². The highest BCUT2D eigenvalue weighted by Gasteiger charge is 2.11. The summed E-state index contributed by atoms with van der Waals surface area (Å²) in [6.07, 6.45) is 0. The van der Waals surface area contributed by atoms with Gasteiger partial charge in [0, 0.05) is 17.3 Å². The maximum absolute atomic E-state index is 13.2. The lowest BCUT2D eigenvalue weighted by Crippen LogP contribution is -2.13. The molecule has 3 aromatic rings. The molecule has 1 amide bonds. The molecule has 0 bridgehead atoms. The molecule has 4 nitrogen and oxygen atoms in total. The maximum Gasteiger partial charge on any atom is 0.256 e. The predicted octanol–water partition coefficient (Wildman–Crippen LogP) is 4.94. The van der Waals surface area contributed by atoms with Crippen molar-refractivity contribution in [1.82, 2.24) is 9.78 Å². The Kier molecular flexibility index (Phi) is 5.06. The first-order valence-electron chi connectivity index (χ1n) is 7.47. The number of benzene rings is 2. The lowest BCUT2D eigenvalue weighted by molar-refractivity contribution is 0.102. The molecule has 1 aromatic heterocycles. The minimum atomic E-state index is -0.464. The Balaban J connectivity index is 1.75. The van der Waals surface area contributed by atoms with Crippen molar-refractivity contribution in [2.24, 2.45) is 0 Å². The molecule has 7 heteroatoms. The van der Waals surface area contributed by atoms with Gasteiger partial charge in [-0.1, -0.05) is 35.3 Å². The van der Waals surface area contributed by atoms with Crippen LogP contribution >= 0.6 is 23.2 Å². The van der Waals surface area contributed by atoms with E-state index in [9.17, 15) is 9.18 Å². The quantitative estimate of drug-likeness (QED) is 0.699. The van der Waals surface area contributed by atoms with Crippen LogP contribution in [0, 0.1) is 12.7 Å². The number of carbonyl (C=O) groups excluding carboxylic acids is 1. The van der Waals surface area contributed by atoms with E-state index in [0.717, 1.165) is 11.3 Å². The van der Waals surface area contributed by atoms with E-state index in [0.29, 0.717) is 22.4 Å². The van der Waals surface area contributed by atoms with E-state index in [1.54, 1.807) is 22.9 Å². The summed E-state index contributed by atoms with van der Waals surface area (Å²) in [5.41, 5.74) is 2.03. The van der Waals surface area contributed by atoms with E-state index in [1.807, 2.05) is 13.0 Å². The van der Waals surface area contributed by atoms with Gasteiger partial charge in [-0.2, -0.15) is 5.10 Å². The third-order valence-corrected chi connectivity index (χ3v) is 4.36. The van der Waals surface area contributed by atoms with Gasteiger partial charge in [-0.15, -0.1) is 0 Å². The molecule has 0 aliphatic heterocycles. The van der Waals surface area contributed by atoms with Crippen LogP contribution in [0.25, 0.3) is 0 Å². The summed E-state index contributed by atoms with van der Waals surface area (Å²) in [6.45, 7) is 2.36. The van der Waals surface area contributed by atoms with Crippen molar-refractivity contribution >= 4 is 34.9 Å². The highest BCUT2D eigenvalue weighted by Crippen LogP contribution is 2.23. The predicted molar refractivity (Wildman–Crippen MR) is 96.9 cm³/mol. The normalized spacial score (nSPS) is 10.7. The first kappa shape index (κ1) is 17.5. The van der Waals surface area contributed by atoms with Gasteiger partial charge >= 0.3 is 0 Å². The number of rotatable bonds is 4. The first-order chi connectivity index (χ1) is 11.9. The highest BCUT2D eigenvalue weighted by molar-refractivity contribution is 6.42. The van der Waals surface area contributed by atoms with Crippen LogP contribution in [0.15, 0.2) is 48.5 Å². The molecule has 2 aromatic carbocycles. The number of nitrogens with zero attached hydrogens (tertiary/aromatic N) is 2. The van der Waals surface area contributed by atoms with Crippen LogP contribution in [0.3, 0.4) is 0 Å². The summed E-state index contributed by atoms with van der Waals surface area (Å²) < 4.78 is 15.0. The molecule has 0 unspecified atom stereocenters. The average Bonchev–Trinajstić information content (AvgIpc) is 2.90. The zero-order chi connectivity index (χ0) is 18.0. The maximum atomic E-state index is 13.2. The Labute approximate surface area is 154 Å². The van der Waals surface area contributed by atoms with E-state index >= 15 is 0 Å². The first-order valence-corrected chi connectivity index (χ1v) is 8.23. The minimum Gasteiger partial charge on any atom is -0.305 e. The van der Waals surface area contributed by atoms with Gasteiger partial charge in [0.1, 0.15) is 5.82 Å². The molecule has 3 rings (SSSR count). The van der Waals surface area contributed by atoms with E-state index in [1.165, 1.54) is 24.3 Å². The second-order valence-electron chi connectivity index (χ2n) is 5.54. The van der Waals surface area contributed by atoms with Crippen molar-refractivity contribution in [1.29, 1.82) is 0 Å². The fourth-order valence-electron chi connectivity index (χ4n) is 2.36. The SMILES string of the molecule is Cc1cc(NC(=O)c2cccc(F)c2)nn1Cc1ccc(Cl)c(Cl)c1. The van der Waals surface area contributed by atoms with Gasteiger partial charge in [-0.05, 0) is 42.8 Å². The fraction of sp³-hybridized carbons (Fsp3) is 0.111. The van der Waals surface area contributed by atoms with Gasteiger partial charge < -0.3 is 5.32 Å². The second kappa shape index (κ2) is 7.25. The zero-order valence-electron chi connectivity index (χ0n) is 13.3. The van der Waals surface area contributed by atoms with E-state index in [2.05, 4.69) is 10.4 Å². The van der Waals surface area contributed by atoms with Gasteiger partial charge in [0.05, 0.1) is 16.6 Å². The zero-order valence-corrected chi connectivity index (χ0v) is 14.8. The average molecular weight is 378 g/mol. The number of halogens is 3. The lowest BCUT2D eigenvalue weighted by atomic mass is 10.2. The number of hydrogen-bond donors (Lipinski definition) is 1. The molecule has 0 saturated carbocycles. The number of anilines is 1. The molecule has 0 spiro atoms. The van der Waals surface area contributed by atoms with Crippen LogP contribution in [0.2, 0.25) is 10.0 Å². The van der Waals surface area contributed by atoms with Crippen molar-refractivity contribution in [3.8, 4) is 0 Å². The third-order valence-electron chi connectivity index (χ3n) is 3.63. The molecule has 25 heavy (non-hydrogen) atoms. The lowest BCUT2D eigenvalue weighted by Gasteiger charge is -2.06. The van der Waals surface area contributed by atoms with Gasteiger partial charge in [-0.25, -0.2) is 4.39 Å². The summed E-state index contributed by atoms with van der Waals surface area (Å²) in [6, 6.07) is 12.6. The van der Waals surface area contributed by atoms with Crippen molar-refractivity contribution in [2.45, 2.75) is 13.5 Å². The molecule has 0 radical (unpaired) electrons. The number of aromatic nitrogens is 2. The van der Waals surface area contributed by atoms with Crippen LogP contribution in [-0.2, 0) is 6.54 Å². The molecular weight excluding hydrogens is 364 g/mol. The number of aryl methyl sites for hydroxylation is 1. The van der Waals surface area contributed by atoms with Crippen molar-refractivity contribution in [3.05, 3.63) is 81.2 Å². The summed E-state index contributed by atoms with van der Waals surface area (Å²) in [4.78, 5) is 12.2. The minimum absolute atomic E-state index is 0.233. The number of carbonyl (C=O) groups is 1. The number of nitrogens with one attached hydrogen (secondary N) is 1. The molecule has 0 atom stereocenters. The smallest absolute Gasteiger partial charge is 0.256 e. The monoisotopic (exact) mass is 377 g/mol. The third kappa shape index (κ3) is 4.18. The molecule has 0 aliphatic carbocycles. The Morgan fingerprint density at radius 2 is 1.96 bits per heavy atom. The molecule has 0 saturated heterocycles. The topological polar surface area (TPSA) is 46.9 Å². The van der Waals surface area contributed by atoms with Crippen molar-refractivity contribution < 1.29 is 9.18 Å². The Morgan fingerprint density at radius 3 is 2.68 bits per heavy atom. The van der Waals surface area contributed by atoms with Crippen molar-refractivity contribution in [3.63, 3.8) is 0 Å². The molecule has 0 aliphatic rings. The fourth-order valence-corrected chi connectivity index (χ4v) is 2.68. The summed E-state index contributed by atoms with van der Waals surface area (Å²) in [5.74, 6) is -0.487. The Bertz CT molecular complexity index is 940. The van der Waals surface area contributed by atoms with Crippen LogP contribution in [-0.4, -0.2) is 15.7 Å². The standard InChI is InChI=1S/C18H14Cl2FN3O/c1-11-7-17(22-18(25)13-3-2-4-14(21)9-13)23-24(11)10-12-5-6-15(19)16(20)8-12/h2-9H,10H2,1H3,(H,22,23,25). The number of amides is 1. The molecule has 1 N–H and O–H groups in total. The van der Waals surface area contributed by atoms with Crippen molar-refractivity contribution in [2.75, 3.05) is 5.32 Å². The van der Waals surface area contributed by atoms with Crippen LogP contribution < -0.4 is 5.32 Å². The van der Waals surface area contributed by atoms with E-state index in [4.69, 9.17) is 23.2 Å². The molecular formula is C18H14Cl2FN3O. The van der Waals surface area contributed by atoms with Gasteiger partial charge in [-0.3, -0.25) is 9.48 Å². The van der Waals surface area contributed by atoms with E-state index in [-0.39, 0.29) is 5.56 Å². The molecule has 128 valence electrons.